The summed E-state index contributed by atoms with van der Waals surface area (Å²) in [6, 6.07) is 8.14. The summed E-state index contributed by atoms with van der Waals surface area (Å²) in [5.74, 6) is -0.235. The van der Waals surface area contributed by atoms with Crippen molar-refractivity contribution in [1.29, 1.82) is 0 Å². The van der Waals surface area contributed by atoms with Gasteiger partial charge in [0, 0.05) is 18.8 Å². The van der Waals surface area contributed by atoms with Crippen molar-refractivity contribution in [2.24, 2.45) is 7.05 Å². The Bertz CT molecular complexity index is 423. The van der Waals surface area contributed by atoms with Crippen molar-refractivity contribution in [2.75, 3.05) is 5.73 Å². The van der Waals surface area contributed by atoms with Crippen LogP contribution in [-0.4, -0.2) is 4.57 Å². The van der Waals surface area contributed by atoms with E-state index >= 15 is 0 Å². The molecule has 0 saturated heterocycles. The van der Waals surface area contributed by atoms with Gasteiger partial charge in [-0.05, 0) is 30.3 Å². The summed E-state index contributed by atoms with van der Waals surface area (Å²) >= 11 is 0. The molecule has 2 N–H and O–H groups in total. The van der Waals surface area contributed by atoms with E-state index in [9.17, 15) is 4.39 Å². The molecule has 0 saturated carbocycles. The Labute approximate surface area is 81.8 Å². The highest BCUT2D eigenvalue weighted by Gasteiger charge is 2.05. The number of aryl methyl sites for hydroxylation is 1. The van der Waals surface area contributed by atoms with Crippen LogP contribution >= 0.6 is 0 Å². The maximum atomic E-state index is 12.7. The lowest BCUT2D eigenvalue weighted by atomic mass is 10.1. The van der Waals surface area contributed by atoms with Gasteiger partial charge in [0.25, 0.3) is 0 Å². The van der Waals surface area contributed by atoms with Crippen molar-refractivity contribution >= 4 is 5.69 Å². The normalized spacial score (nSPS) is 10.4. The number of aromatic nitrogens is 1. The maximum absolute atomic E-state index is 12.7. The second-order valence-corrected chi connectivity index (χ2v) is 3.24. The molecule has 0 unspecified atom stereocenters. The van der Waals surface area contributed by atoms with E-state index < -0.39 is 0 Å². The number of nitrogens with two attached hydrogens (primary N) is 1. The van der Waals surface area contributed by atoms with Gasteiger partial charge in [0.15, 0.2) is 0 Å². The summed E-state index contributed by atoms with van der Waals surface area (Å²) in [5, 5.41) is 0. The molecule has 0 aliphatic rings. The van der Waals surface area contributed by atoms with Crippen LogP contribution in [0.15, 0.2) is 36.5 Å². The molecule has 0 amide bonds. The number of hydrogen-bond acceptors (Lipinski definition) is 1. The average molecular weight is 190 g/mol. The Morgan fingerprint density at radius 3 is 2.29 bits per heavy atom. The molecule has 1 aromatic carbocycles. The van der Waals surface area contributed by atoms with Gasteiger partial charge in [-0.15, -0.1) is 0 Å². The molecule has 0 atom stereocenters. The van der Waals surface area contributed by atoms with E-state index in [-0.39, 0.29) is 5.82 Å². The number of hydrogen-bond donors (Lipinski definition) is 1. The fourth-order valence-electron chi connectivity index (χ4n) is 1.53. The van der Waals surface area contributed by atoms with Gasteiger partial charge in [-0.3, -0.25) is 0 Å². The summed E-state index contributed by atoms with van der Waals surface area (Å²) < 4.78 is 14.6. The standard InChI is InChI=1S/C11H11FN2/c1-14-7-6-10(13)11(14)8-2-4-9(12)5-3-8/h2-7H,13H2,1H3. The monoisotopic (exact) mass is 190 g/mol. The largest absolute Gasteiger partial charge is 0.397 e. The van der Waals surface area contributed by atoms with E-state index in [1.807, 2.05) is 23.9 Å². The SMILES string of the molecule is Cn1ccc(N)c1-c1ccc(F)cc1. The van der Waals surface area contributed by atoms with Gasteiger partial charge in [-0.1, -0.05) is 0 Å². The molecular weight excluding hydrogens is 179 g/mol. The van der Waals surface area contributed by atoms with Gasteiger partial charge in [0.2, 0.25) is 0 Å². The Morgan fingerprint density at radius 2 is 1.79 bits per heavy atom. The molecule has 0 spiro atoms. The number of rotatable bonds is 1. The van der Waals surface area contributed by atoms with Crippen LogP contribution in [0.5, 0.6) is 0 Å². The van der Waals surface area contributed by atoms with Crippen molar-refractivity contribution in [3.05, 3.63) is 42.3 Å². The molecule has 72 valence electrons. The lowest BCUT2D eigenvalue weighted by molar-refractivity contribution is 0.628. The topological polar surface area (TPSA) is 30.9 Å². The van der Waals surface area contributed by atoms with E-state index in [2.05, 4.69) is 0 Å². The third kappa shape index (κ3) is 1.37. The second-order valence-electron chi connectivity index (χ2n) is 3.24. The number of benzene rings is 1. The zero-order chi connectivity index (χ0) is 10.1. The first-order valence-electron chi connectivity index (χ1n) is 4.35. The fourth-order valence-corrected chi connectivity index (χ4v) is 1.53. The van der Waals surface area contributed by atoms with Crippen LogP contribution in [0.4, 0.5) is 10.1 Å². The third-order valence-corrected chi connectivity index (χ3v) is 2.22. The van der Waals surface area contributed by atoms with Gasteiger partial charge in [-0.25, -0.2) is 4.39 Å². The summed E-state index contributed by atoms with van der Waals surface area (Å²) in [6.45, 7) is 0. The van der Waals surface area contributed by atoms with Crippen molar-refractivity contribution in [3.63, 3.8) is 0 Å². The molecule has 2 nitrogen and oxygen atoms in total. The van der Waals surface area contributed by atoms with Gasteiger partial charge in [0.05, 0.1) is 11.4 Å². The fraction of sp³-hybridized carbons (Fsp3) is 0.0909. The molecule has 0 aliphatic carbocycles. The molecule has 2 aromatic rings. The lowest BCUT2D eigenvalue weighted by Crippen LogP contribution is -1.93. The highest BCUT2D eigenvalue weighted by Crippen LogP contribution is 2.25. The summed E-state index contributed by atoms with van der Waals surface area (Å²) in [6.07, 6.45) is 1.88. The minimum Gasteiger partial charge on any atom is -0.397 e. The van der Waals surface area contributed by atoms with Crippen molar-refractivity contribution in [2.45, 2.75) is 0 Å². The maximum Gasteiger partial charge on any atom is 0.123 e. The molecule has 0 bridgehead atoms. The van der Waals surface area contributed by atoms with Crippen molar-refractivity contribution < 1.29 is 4.39 Å². The highest BCUT2D eigenvalue weighted by molar-refractivity contribution is 5.73. The van der Waals surface area contributed by atoms with Gasteiger partial charge >= 0.3 is 0 Å². The van der Waals surface area contributed by atoms with Crippen LogP contribution in [0.25, 0.3) is 11.3 Å². The lowest BCUT2D eigenvalue weighted by Gasteiger charge is -2.04. The third-order valence-electron chi connectivity index (χ3n) is 2.22. The van der Waals surface area contributed by atoms with Gasteiger partial charge in [0.1, 0.15) is 5.82 Å². The minimum atomic E-state index is -0.235. The number of nitrogens with zero attached hydrogens (tertiary/aromatic N) is 1. The quantitative estimate of drug-likeness (QED) is 0.735. The van der Waals surface area contributed by atoms with Crippen molar-refractivity contribution in [1.82, 2.24) is 4.57 Å². The number of halogens is 1. The zero-order valence-electron chi connectivity index (χ0n) is 7.87. The minimum absolute atomic E-state index is 0.235. The van der Waals surface area contributed by atoms with Crippen LogP contribution in [-0.2, 0) is 7.05 Å². The van der Waals surface area contributed by atoms with E-state index in [1.54, 1.807) is 12.1 Å². The van der Waals surface area contributed by atoms with E-state index in [1.165, 1.54) is 12.1 Å². The molecule has 1 heterocycles. The number of anilines is 1. The van der Waals surface area contributed by atoms with Gasteiger partial charge < -0.3 is 10.3 Å². The summed E-state index contributed by atoms with van der Waals surface area (Å²) in [5.41, 5.74) is 8.35. The van der Waals surface area contributed by atoms with Crippen LogP contribution in [0, 0.1) is 5.82 Å². The van der Waals surface area contributed by atoms with Crippen LogP contribution in [0.2, 0.25) is 0 Å². The van der Waals surface area contributed by atoms with Crippen LogP contribution < -0.4 is 5.73 Å². The molecular formula is C11H11FN2. The summed E-state index contributed by atoms with van der Waals surface area (Å²) in [4.78, 5) is 0. The first-order valence-corrected chi connectivity index (χ1v) is 4.35. The van der Waals surface area contributed by atoms with E-state index in [4.69, 9.17) is 5.73 Å². The van der Waals surface area contributed by atoms with E-state index in [0.717, 1.165) is 11.3 Å². The smallest absolute Gasteiger partial charge is 0.123 e. The molecule has 1 aromatic heterocycles. The Balaban J connectivity index is 2.54. The Hall–Kier alpha value is -1.77. The first kappa shape index (κ1) is 8.81. The number of nitrogen functional groups attached to an aromatic ring is 1. The first-order chi connectivity index (χ1) is 6.68. The molecule has 0 fully saturated rings. The molecule has 0 radical (unpaired) electrons. The van der Waals surface area contributed by atoms with Gasteiger partial charge in [-0.2, -0.15) is 0 Å². The highest BCUT2D eigenvalue weighted by atomic mass is 19.1. The Kier molecular flexibility index (Phi) is 2.00. The zero-order valence-corrected chi connectivity index (χ0v) is 7.87. The van der Waals surface area contributed by atoms with Crippen LogP contribution in [0.3, 0.4) is 0 Å². The van der Waals surface area contributed by atoms with Crippen LogP contribution in [0.1, 0.15) is 0 Å². The molecule has 14 heavy (non-hydrogen) atoms. The molecule has 0 aliphatic heterocycles. The average Bonchev–Trinajstić information content (AvgIpc) is 2.49. The van der Waals surface area contributed by atoms with Crippen molar-refractivity contribution in [3.8, 4) is 11.3 Å². The summed E-state index contributed by atoms with van der Waals surface area (Å²) in [7, 11) is 1.91. The second kappa shape index (κ2) is 3.18. The molecule has 3 heteroatoms. The van der Waals surface area contributed by atoms with E-state index in [0.29, 0.717) is 5.69 Å². The predicted molar refractivity (Wildman–Crippen MR) is 55.2 cm³/mol. The Morgan fingerprint density at radius 1 is 1.14 bits per heavy atom. The predicted octanol–water partition coefficient (Wildman–Crippen LogP) is 2.41. The molecule has 2 rings (SSSR count).